The quantitative estimate of drug-likeness (QED) is 0.102. The fourth-order valence-electron chi connectivity index (χ4n) is 4.78. The fourth-order valence-corrected chi connectivity index (χ4v) is 6.03. The summed E-state index contributed by atoms with van der Waals surface area (Å²) in [5.74, 6) is 5.37. The van der Waals surface area contributed by atoms with E-state index in [1.54, 1.807) is 66.7 Å². The Bertz CT molecular complexity index is 2060. The van der Waals surface area contributed by atoms with Gasteiger partial charge in [-0.05, 0) is 30.3 Å². The Morgan fingerprint density at radius 2 is 1.40 bits per heavy atom. The van der Waals surface area contributed by atoms with Crippen LogP contribution in [0.1, 0.15) is 21.6 Å². The van der Waals surface area contributed by atoms with Gasteiger partial charge in [0.2, 0.25) is 0 Å². The highest BCUT2D eigenvalue weighted by Gasteiger charge is 2.21. The zero-order chi connectivity index (χ0) is 33.8. The summed E-state index contributed by atoms with van der Waals surface area (Å²) in [7, 11) is -4.12. The van der Waals surface area contributed by atoms with Gasteiger partial charge in [-0.25, -0.2) is 18.2 Å². The van der Waals surface area contributed by atoms with Gasteiger partial charge in [0.1, 0.15) is 17.3 Å². The molecule has 0 saturated carbocycles. The molecule has 0 unspecified atom stereocenters. The number of nitrogens with one attached hydrogen (secondary N) is 1. The Hall–Kier alpha value is -5.10. The molecule has 0 spiro atoms. The van der Waals surface area contributed by atoms with Crippen LogP contribution in [0, 0.1) is 11.8 Å². The van der Waals surface area contributed by atoms with E-state index in [-0.39, 0.29) is 28.4 Å². The molecule has 0 saturated heterocycles. The number of hydrogen-bond donors (Lipinski definition) is 3. The van der Waals surface area contributed by atoms with Crippen molar-refractivity contribution in [3.63, 3.8) is 0 Å². The van der Waals surface area contributed by atoms with Crippen LogP contribution in [0.4, 0.5) is 5.69 Å². The van der Waals surface area contributed by atoms with E-state index < -0.39 is 16.0 Å². The van der Waals surface area contributed by atoms with Crippen molar-refractivity contribution in [3.05, 3.63) is 102 Å². The number of hydrogen-bond acceptors (Lipinski definition) is 10. The van der Waals surface area contributed by atoms with Gasteiger partial charge in [0.25, 0.3) is 10.0 Å². The Kier molecular flexibility index (Phi) is 11.9. The molecule has 48 heavy (non-hydrogen) atoms. The third-order valence-corrected chi connectivity index (χ3v) is 8.37. The minimum atomic E-state index is -4.12. The van der Waals surface area contributed by atoms with E-state index in [0.717, 1.165) is 0 Å². The maximum absolute atomic E-state index is 13.7. The second kappa shape index (κ2) is 16.6. The van der Waals surface area contributed by atoms with Crippen LogP contribution in [-0.4, -0.2) is 82.3 Å². The fraction of sp³-hybridized carbons (Fsp3) is 0.229. The van der Waals surface area contributed by atoms with Crippen LogP contribution in [-0.2, 0) is 24.2 Å². The number of aromatic nitrogens is 2. The van der Waals surface area contributed by atoms with E-state index in [2.05, 4.69) is 26.5 Å². The molecular weight excluding hydrogens is 636 g/mol. The molecule has 0 radical (unpaired) electrons. The van der Waals surface area contributed by atoms with Gasteiger partial charge in [-0.1, -0.05) is 54.3 Å². The lowest BCUT2D eigenvalue weighted by atomic mass is 10.0. The lowest BCUT2D eigenvalue weighted by Gasteiger charge is -2.13. The first-order chi connectivity index (χ1) is 23.4. The van der Waals surface area contributed by atoms with E-state index in [0.29, 0.717) is 79.2 Å². The van der Waals surface area contributed by atoms with Crippen molar-refractivity contribution in [2.45, 2.75) is 4.90 Å². The first-order valence-corrected chi connectivity index (χ1v) is 16.6. The van der Waals surface area contributed by atoms with Crippen LogP contribution < -0.4 is 15.2 Å². The minimum Gasteiger partial charge on any atom is -0.490 e. The lowest BCUT2D eigenvalue weighted by molar-refractivity contribution is 0.0106. The van der Waals surface area contributed by atoms with E-state index >= 15 is 0 Å². The van der Waals surface area contributed by atoms with Gasteiger partial charge < -0.3 is 29.8 Å². The average molecular weight is 671 g/mol. The minimum absolute atomic E-state index is 0.0310. The van der Waals surface area contributed by atoms with E-state index in [4.69, 9.17) is 24.7 Å². The molecule has 0 bridgehead atoms. The van der Waals surface area contributed by atoms with Crippen molar-refractivity contribution < 1.29 is 37.3 Å². The van der Waals surface area contributed by atoms with Gasteiger partial charge in [-0.2, -0.15) is 0 Å². The molecule has 248 valence electrons. The van der Waals surface area contributed by atoms with Crippen LogP contribution >= 0.6 is 0 Å². The number of carbonyl (C=O) groups is 1. The summed E-state index contributed by atoms with van der Waals surface area (Å²) in [6.45, 7) is 3.27. The summed E-state index contributed by atoms with van der Waals surface area (Å²) in [6.07, 6.45) is 2.89. The third kappa shape index (κ3) is 8.62. The molecule has 13 heteroatoms. The van der Waals surface area contributed by atoms with Crippen molar-refractivity contribution in [3.8, 4) is 17.6 Å². The zero-order valence-corrected chi connectivity index (χ0v) is 26.7. The number of sulfonamides is 1. The highest BCUT2D eigenvalue weighted by molar-refractivity contribution is 7.93. The van der Waals surface area contributed by atoms with E-state index in [1.807, 2.05) is 0 Å². The second-order valence-corrected chi connectivity index (χ2v) is 11.9. The summed E-state index contributed by atoms with van der Waals surface area (Å²) in [5.41, 5.74) is 6.72. The molecule has 0 fully saturated rings. The molecular formula is C35H34N4O8S. The molecule has 12 nitrogen and oxygen atoms in total. The number of carboxylic acids is 1. The SMILES string of the molecule is NCCOCCOCCOCCOc1ccnc2c(S(=O)(=O)Nc3ccccc3C#Cc3cnc(C(=O)O)c4ccccc34)cccc12. The predicted molar refractivity (Wildman–Crippen MR) is 181 cm³/mol. The number of pyridine rings is 2. The number of anilines is 1. The predicted octanol–water partition coefficient (Wildman–Crippen LogP) is 4.07. The normalized spacial score (nSPS) is 11.3. The number of para-hydroxylation sites is 2. The number of benzene rings is 3. The van der Waals surface area contributed by atoms with Crippen molar-refractivity contribution >= 4 is 43.4 Å². The number of nitrogens with two attached hydrogens (primary N) is 1. The second-order valence-electron chi connectivity index (χ2n) is 10.2. The molecule has 4 N–H and O–H groups in total. The van der Waals surface area contributed by atoms with Crippen LogP contribution in [0.25, 0.3) is 21.7 Å². The van der Waals surface area contributed by atoms with Crippen LogP contribution in [0.2, 0.25) is 0 Å². The summed E-state index contributed by atoms with van der Waals surface area (Å²) in [5, 5.41) is 11.1. The van der Waals surface area contributed by atoms with Gasteiger partial charge in [-0.3, -0.25) is 9.71 Å². The smallest absolute Gasteiger partial charge is 0.355 e. The number of nitrogens with zero attached hydrogens (tertiary/aromatic N) is 2. The Morgan fingerprint density at radius 3 is 2.15 bits per heavy atom. The van der Waals surface area contributed by atoms with E-state index in [9.17, 15) is 18.3 Å². The molecule has 0 aliphatic rings. The lowest BCUT2D eigenvalue weighted by Crippen LogP contribution is -2.15. The average Bonchev–Trinajstić information content (AvgIpc) is 3.09. The number of fused-ring (bicyclic) bond motifs is 2. The Labute approximate surface area is 277 Å². The van der Waals surface area contributed by atoms with E-state index in [1.165, 1.54) is 18.5 Å². The highest BCUT2D eigenvalue weighted by atomic mass is 32.2. The van der Waals surface area contributed by atoms with Crippen LogP contribution in [0.3, 0.4) is 0 Å². The number of ether oxygens (including phenoxy) is 4. The Morgan fingerprint density at radius 1 is 0.750 bits per heavy atom. The van der Waals surface area contributed by atoms with Gasteiger partial charge in [0.15, 0.2) is 5.69 Å². The van der Waals surface area contributed by atoms with Gasteiger partial charge in [0.05, 0.1) is 56.4 Å². The maximum atomic E-state index is 13.7. The molecule has 2 heterocycles. The molecule has 0 atom stereocenters. The molecule has 0 aliphatic heterocycles. The van der Waals surface area contributed by atoms with Crippen molar-refractivity contribution in [2.75, 3.05) is 57.5 Å². The molecule has 2 aromatic heterocycles. The highest BCUT2D eigenvalue weighted by Crippen LogP contribution is 2.30. The zero-order valence-electron chi connectivity index (χ0n) is 25.9. The first-order valence-electron chi connectivity index (χ1n) is 15.1. The maximum Gasteiger partial charge on any atom is 0.355 e. The summed E-state index contributed by atoms with van der Waals surface area (Å²) in [4.78, 5) is 20.0. The molecule has 5 aromatic rings. The first kappa shape index (κ1) is 34.2. The molecule has 5 rings (SSSR count). The Balaban J connectivity index is 1.28. The number of carboxylic acid groups (broad SMARTS) is 1. The van der Waals surface area contributed by atoms with Gasteiger partial charge in [0, 0.05) is 40.7 Å². The monoisotopic (exact) mass is 670 g/mol. The largest absolute Gasteiger partial charge is 0.490 e. The summed E-state index contributed by atoms with van der Waals surface area (Å²) < 4.78 is 52.3. The van der Waals surface area contributed by atoms with Crippen LogP contribution in [0.15, 0.2) is 90.1 Å². The van der Waals surface area contributed by atoms with Crippen LogP contribution in [0.5, 0.6) is 5.75 Å². The number of aromatic carboxylic acids is 1. The standard InChI is InChI=1S/C35H34N4O8S/c36-15-17-44-18-19-45-20-21-46-22-23-47-31-14-16-37-33-29(31)9-5-11-32(33)48(42,43)39-30-10-4-1-6-25(30)12-13-26-24-38-34(35(40)41)28-8-3-2-7-27(26)28/h1-11,14,16,24,39H,15,17-23,36H2,(H,40,41). The van der Waals surface area contributed by atoms with Crippen molar-refractivity contribution in [1.29, 1.82) is 0 Å². The van der Waals surface area contributed by atoms with Gasteiger partial charge >= 0.3 is 5.97 Å². The number of rotatable bonds is 16. The molecule has 3 aromatic carbocycles. The van der Waals surface area contributed by atoms with Gasteiger partial charge in [-0.15, -0.1) is 0 Å². The molecule has 0 amide bonds. The summed E-state index contributed by atoms with van der Waals surface area (Å²) in [6, 6.07) is 20.2. The topological polar surface area (TPSA) is 172 Å². The molecule has 0 aliphatic carbocycles. The van der Waals surface area contributed by atoms with Crippen molar-refractivity contribution in [1.82, 2.24) is 9.97 Å². The third-order valence-electron chi connectivity index (χ3n) is 6.98. The summed E-state index contributed by atoms with van der Waals surface area (Å²) >= 11 is 0. The van der Waals surface area contributed by atoms with Crippen molar-refractivity contribution in [2.24, 2.45) is 5.73 Å².